The highest BCUT2D eigenvalue weighted by Crippen LogP contribution is 2.09. The minimum Gasteiger partial charge on any atom is -0.480 e. The SMILES string of the molecule is CCCN1CCN(C(=O)N2CCN(CC(=O)O)CC2)CC1. The number of amides is 2. The summed E-state index contributed by atoms with van der Waals surface area (Å²) in [6.45, 7) is 9.41. The van der Waals surface area contributed by atoms with Gasteiger partial charge in [-0.25, -0.2) is 4.79 Å². The van der Waals surface area contributed by atoms with Gasteiger partial charge in [0.05, 0.1) is 6.54 Å². The van der Waals surface area contributed by atoms with Gasteiger partial charge in [0.15, 0.2) is 0 Å². The van der Waals surface area contributed by atoms with Crippen LogP contribution in [-0.2, 0) is 4.79 Å². The monoisotopic (exact) mass is 298 g/mol. The largest absolute Gasteiger partial charge is 0.480 e. The molecular formula is C14H26N4O3. The summed E-state index contributed by atoms with van der Waals surface area (Å²) < 4.78 is 0. The van der Waals surface area contributed by atoms with Gasteiger partial charge in [-0.3, -0.25) is 14.6 Å². The van der Waals surface area contributed by atoms with Crippen LogP contribution in [0.25, 0.3) is 0 Å². The van der Waals surface area contributed by atoms with Crippen molar-refractivity contribution in [3.05, 3.63) is 0 Å². The second-order valence-electron chi connectivity index (χ2n) is 5.77. The summed E-state index contributed by atoms with van der Waals surface area (Å²) in [5, 5.41) is 8.78. The lowest BCUT2D eigenvalue weighted by Crippen LogP contribution is -2.57. The second kappa shape index (κ2) is 7.61. The third-order valence-corrected chi connectivity index (χ3v) is 4.18. The van der Waals surface area contributed by atoms with Crippen LogP contribution in [0.15, 0.2) is 0 Å². The maximum absolute atomic E-state index is 12.4. The van der Waals surface area contributed by atoms with Gasteiger partial charge < -0.3 is 14.9 Å². The summed E-state index contributed by atoms with van der Waals surface area (Å²) >= 11 is 0. The molecule has 2 aliphatic rings. The molecule has 2 saturated heterocycles. The Morgan fingerprint density at radius 2 is 1.33 bits per heavy atom. The smallest absolute Gasteiger partial charge is 0.320 e. The molecule has 0 aromatic rings. The van der Waals surface area contributed by atoms with Crippen molar-refractivity contribution in [2.24, 2.45) is 0 Å². The van der Waals surface area contributed by atoms with Crippen molar-refractivity contribution in [2.45, 2.75) is 13.3 Å². The minimum absolute atomic E-state index is 0.0672. The van der Waals surface area contributed by atoms with E-state index in [4.69, 9.17) is 5.11 Å². The van der Waals surface area contributed by atoms with Gasteiger partial charge in [-0.05, 0) is 13.0 Å². The molecule has 0 aliphatic carbocycles. The fraction of sp³-hybridized carbons (Fsp3) is 0.857. The molecule has 2 aliphatic heterocycles. The number of carbonyl (C=O) groups excluding carboxylic acids is 1. The number of urea groups is 1. The molecule has 2 rings (SSSR count). The van der Waals surface area contributed by atoms with Crippen LogP contribution >= 0.6 is 0 Å². The van der Waals surface area contributed by atoms with Crippen molar-refractivity contribution < 1.29 is 14.7 Å². The van der Waals surface area contributed by atoms with Crippen molar-refractivity contribution in [1.29, 1.82) is 0 Å². The molecule has 0 bridgehead atoms. The van der Waals surface area contributed by atoms with E-state index in [1.807, 2.05) is 14.7 Å². The van der Waals surface area contributed by atoms with E-state index in [1.54, 1.807) is 0 Å². The number of carboxylic acid groups (broad SMARTS) is 1. The van der Waals surface area contributed by atoms with Gasteiger partial charge in [0, 0.05) is 52.4 Å². The molecule has 0 aromatic carbocycles. The highest BCUT2D eigenvalue weighted by Gasteiger charge is 2.27. The van der Waals surface area contributed by atoms with Crippen LogP contribution in [0.2, 0.25) is 0 Å². The average Bonchev–Trinajstić information content (AvgIpc) is 2.48. The normalized spacial score (nSPS) is 21.6. The van der Waals surface area contributed by atoms with Crippen molar-refractivity contribution in [2.75, 3.05) is 65.4 Å². The Morgan fingerprint density at radius 3 is 1.76 bits per heavy atom. The third-order valence-electron chi connectivity index (χ3n) is 4.18. The topological polar surface area (TPSA) is 67.3 Å². The zero-order chi connectivity index (χ0) is 15.2. The van der Waals surface area contributed by atoms with Crippen LogP contribution in [0.1, 0.15) is 13.3 Å². The summed E-state index contributed by atoms with van der Waals surface area (Å²) in [7, 11) is 0. The standard InChI is InChI=1S/C14H26N4O3/c1-2-3-15-4-8-17(9-5-15)14(21)18-10-6-16(7-11-18)12-13(19)20/h2-12H2,1H3,(H,19,20). The number of piperazine rings is 2. The maximum atomic E-state index is 12.4. The van der Waals surface area contributed by atoms with Gasteiger partial charge in [0.2, 0.25) is 0 Å². The quantitative estimate of drug-likeness (QED) is 0.781. The lowest BCUT2D eigenvalue weighted by Gasteiger charge is -2.40. The first-order valence-electron chi connectivity index (χ1n) is 7.80. The van der Waals surface area contributed by atoms with E-state index in [9.17, 15) is 9.59 Å². The van der Waals surface area contributed by atoms with Crippen LogP contribution in [0.5, 0.6) is 0 Å². The predicted octanol–water partition coefficient (Wildman–Crippen LogP) is -0.164. The number of hydrogen-bond donors (Lipinski definition) is 1. The zero-order valence-corrected chi connectivity index (χ0v) is 12.8. The first kappa shape index (κ1) is 16.0. The molecule has 0 radical (unpaired) electrons. The maximum Gasteiger partial charge on any atom is 0.320 e. The number of aliphatic carboxylic acids is 1. The molecule has 21 heavy (non-hydrogen) atoms. The van der Waals surface area contributed by atoms with Crippen molar-refractivity contribution >= 4 is 12.0 Å². The second-order valence-corrected chi connectivity index (χ2v) is 5.77. The molecule has 1 N–H and O–H groups in total. The van der Waals surface area contributed by atoms with E-state index in [0.717, 1.165) is 39.1 Å². The van der Waals surface area contributed by atoms with Gasteiger partial charge in [-0.1, -0.05) is 6.92 Å². The van der Waals surface area contributed by atoms with E-state index in [1.165, 1.54) is 0 Å². The highest BCUT2D eigenvalue weighted by atomic mass is 16.4. The molecule has 0 aromatic heterocycles. The molecule has 0 unspecified atom stereocenters. The summed E-state index contributed by atoms with van der Waals surface area (Å²) in [5.74, 6) is -0.804. The lowest BCUT2D eigenvalue weighted by molar-refractivity contribution is -0.138. The Kier molecular flexibility index (Phi) is 5.81. The number of hydrogen-bond acceptors (Lipinski definition) is 4. The Labute approximate surface area is 126 Å². The molecule has 2 amide bonds. The molecule has 0 atom stereocenters. The van der Waals surface area contributed by atoms with Crippen molar-refractivity contribution in [1.82, 2.24) is 19.6 Å². The van der Waals surface area contributed by atoms with Crippen LogP contribution in [0.3, 0.4) is 0 Å². The highest BCUT2D eigenvalue weighted by molar-refractivity contribution is 5.75. The lowest BCUT2D eigenvalue weighted by atomic mass is 10.3. The summed E-state index contributed by atoms with van der Waals surface area (Å²) in [6.07, 6.45) is 1.15. The zero-order valence-electron chi connectivity index (χ0n) is 12.8. The Morgan fingerprint density at radius 1 is 0.857 bits per heavy atom. The molecular weight excluding hydrogens is 272 g/mol. The van der Waals surface area contributed by atoms with Crippen LogP contribution < -0.4 is 0 Å². The van der Waals surface area contributed by atoms with Crippen LogP contribution in [0.4, 0.5) is 4.79 Å². The number of carbonyl (C=O) groups is 2. The molecule has 7 heteroatoms. The fourth-order valence-corrected chi connectivity index (χ4v) is 2.97. The molecule has 0 saturated carbocycles. The molecule has 2 heterocycles. The van der Waals surface area contributed by atoms with Gasteiger partial charge >= 0.3 is 12.0 Å². The fourth-order valence-electron chi connectivity index (χ4n) is 2.97. The van der Waals surface area contributed by atoms with Gasteiger partial charge in [0.1, 0.15) is 0 Å². The van der Waals surface area contributed by atoms with Crippen LogP contribution in [-0.4, -0.2) is 102 Å². The third kappa shape index (κ3) is 4.57. The minimum atomic E-state index is -0.804. The number of rotatable bonds is 4. The summed E-state index contributed by atoms with van der Waals surface area (Å²) in [5.41, 5.74) is 0. The molecule has 120 valence electrons. The van der Waals surface area contributed by atoms with E-state index in [2.05, 4.69) is 11.8 Å². The summed E-state index contributed by atoms with van der Waals surface area (Å²) in [6, 6.07) is 0.112. The van der Waals surface area contributed by atoms with Crippen LogP contribution in [0, 0.1) is 0 Å². The molecule has 2 fully saturated rings. The van der Waals surface area contributed by atoms with Crippen molar-refractivity contribution in [3.8, 4) is 0 Å². The molecule has 7 nitrogen and oxygen atoms in total. The van der Waals surface area contributed by atoms with E-state index in [-0.39, 0.29) is 12.6 Å². The first-order chi connectivity index (χ1) is 10.1. The van der Waals surface area contributed by atoms with Crippen molar-refractivity contribution in [3.63, 3.8) is 0 Å². The Balaban J connectivity index is 1.74. The first-order valence-corrected chi connectivity index (χ1v) is 7.80. The predicted molar refractivity (Wildman–Crippen MR) is 79.3 cm³/mol. The van der Waals surface area contributed by atoms with Gasteiger partial charge in [0.25, 0.3) is 0 Å². The average molecular weight is 298 g/mol. The summed E-state index contributed by atoms with van der Waals surface area (Å²) in [4.78, 5) is 31.2. The number of carboxylic acids is 1. The van der Waals surface area contributed by atoms with E-state index < -0.39 is 5.97 Å². The molecule has 0 spiro atoms. The van der Waals surface area contributed by atoms with E-state index >= 15 is 0 Å². The Hall–Kier alpha value is -1.34. The number of nitrogens with zero attached hydrogens (tertiary/aromatic N) is 4. The van der Waals surface area contributed by atoms with E-state index in [0.29, 0.717) is 26.2 Å². The van der Waals surface area contributed by atoms with Gasteiger partial charge in [-0.2, -0.15) is 0 Å². The Bertz CT molecular complexity index is 361. The van der Waals surface area contributed by atoms with Gasteiger partial charge in [-0.15, -0.1) is 0 Å².